The minimum absolute atomic E-state index is 0.218. The fraction of sp³-hybridized carbons (Fsp3) is 0.333. The molecule has 0 spiro atoms. The SMILES string of the molecule is COCCNC(=O)CNC(=O)c1ncccc1C(=O)O. The van der Waals surface area contributed by atoms with Crippen LogP contribution in [0.25, 0.3) is 0 Å². The summed E-state index contributed by atoms with van der Waals surface area (Å²) in [6.45, 7) is 0.427. The maximum atomic E-state index is 11.8. The van der Waals surface area contributed by atoms with Crippen LogP contribution in [0.15, 0.2) is 18.3 Å². The maximum absolute atomic E-state index is 11.8. The summed E-state index contributed by atoms with van der Waals surface area (Å²) >= 11 is 0. The number of methoxy groups -OCH3 is 1. The Kier molecular flexibility index (Phi) is 6.11. The minimum atomic E-state index is -1.26. The molecule has 108 valence electrons. The lowest BCUT2D eigenvalue weighted by Gasteiger charge is -2.07. The van der Waals surface area contributed by atoms with E-state index in [1.54, 1.807) is 0 Å². The van der Waals surface area contributed by atoms with Gasteiger partial charge in [0.1, 0.15) is 5.69 Å². The number of rotatable bonds is 7. The Balaban J connectivity index is 2.55. The quantitative estimate of drug-likeness (QED) is 0.567. The molecule has 0 atom stereocenters. The van der Waals surface area contributed by atoms with Crippen LogP contribution in [-0.2, 0) is 9.53 Å². The Bertz CT molecular complexity index is 504. The van der Waals surface area contributed by atoms with Crippen molar-refractivity contribution in [3.05, 3.63) is 29.6 Å². The van der Waals surface area contributed by atoms with Crippen LogP contribution in [0.5, 0.6) is 0 Å². The van der Waals surface area contributed by atoms with Gasteiger partial charge in [-0.15, -0.1) is 0 Å². The van der Waals surface area contributed by atoms with E-state index in [0.29, 0.717) is 13.2 Å². The van der Waals surface area contributed by atoms with Crippen LogP contribution in [0, 0.1) is 0 Å². The summed E-state index contributed by atoms with van der Waals surface area (Å²) < 4.78 is 4.75. The summed E-state index contributed by atoms with van der Waals surface area (Å²) in [5.41, 5.74) is -0.450. The molecule has 0 bridgehead atoms. The molecule has 0 unspecified atom stereocenters. The van der Waals surface area contributed by atoms with Crippen LogP contribution in [-0.4, -0.2) is 54.7 Å². The standard InChI is InChI=1S/C12H15N3O5/c1-20-6-5-13-9(16)7-15-11(17)10-8(12(18)19)3-2-4-14-10/h2-4H,5-7H2,1H3,(H,13,16)(H,15,17)(H,18,19). The lowest BCUT2D eigenvalue weighted by atomic mass is 10.2. The van der Waals surface area contributed by atoms with Gasteiger partial charge >= 0.3 is 5.97 Å². The third-order valence-corrected chi connectivity index (χ3v) is 2.29. The first-order valence-electron chi connectivity index (χ1n) is 5.78. The number of aromatic nitrogens is 1. The molecule has 1 rings (SSSR count). The molecule has 0 aliphatic heterocycles. The molecule has 0 fully saturated rings. The van der Waals surface area contributed by atoms with E-state index in [1.165, 1.54) is 25.4 Å². The molecule has 1 aromatic heterocycles. The number of carbonyl (C=O) groups excluding carboxylic acids is 2. The van der Waals surface area contributed by atoms with Crippen molar-refractivity contribution in [2.75, 3.05) is 26.8 Å². The molecule has 0 saturated heterocycles. The monoisotopic (exact) mass is 281 g/mol. The number of nitrogens with zero attached hydrogens (tertiary/aromatic N) is 1. The smallest absolute Gasteiger partial charge is 0.338 e. The molecular weight excluding hydrogens is 266 g/mol. The minimum Gasteiger partial charge on any atom is -0.478 e. The van der Waals surface area contributed by atoms with Crippen molar-refractivity contribution < 1.29 is 24.2 Å². The van der Waals surface area contributed by atoms with Crippen molar-refractivity contribution in [2.24, 2.45) is 0 Å². The molecular formula is C12H15N3O5. The van der Waals surface area contributed by atoms with Crippen LogP contribution in [0.1, 0.15) is 20.8 Å². The lowest BCUT2D eigenvalue weighted by molar-refractivity contribution is -0.120. The van der Waals surface area contributed by atoms with Crippen molar-refractivity contribution in [2.45, 2.75) is 0 Å². The molecule has 3 N–H and O–H groups in total. The Hall–Kier alpha value is -2.48. The average molecular weight is 281 g/mol. The zero-order valence-electron chi connectivity index (χ0n) is 10.9. The Labute approximate surface area is 115 Å². The fourth-order valence-corrected chi connectivity index (χ4v) is 1.36. The zero-order valence-corrected chi connectivity index (χ0v) is 10.9. The van der Waals surface area contributed by atoms with Gasteiger partial charge < -0.3 is 20.5 Å². The highest BCUT2D eigenvalue weighted by molar-refractivity contribution is 6.04. The second-order valence-electron chi connectivity index (χ2n) is 3.73. The van der Waals surface area contributed by atoms with E-state index in [9.17, 15) is 14.4 Å². The first-order chi connectivity index (χ1) is 9.56. The number of aromatic carboxylic acids is 1. The Morgan fingerprint density at radius 3 is 2.75 bits per heavy atom. The van der Waals surface area contributed by atoms with E-state index >= 15 is 0 Å². The fourth-order valence-electron chi connectivity index (χ4n) is 1.36. The Morgan fingerprint density at radius 1 is 1.35 bits per heavy atom. The second-order valence-corrected chi connectivity index (χ2v) is 3.73. The van der Waals surface area contributed by atoms with Gasteiger partial charge in [0.15, 0.2) is 0 Å². The molecule has 8 nitrogen and oxygen atoms in total. The maximum Gasteiger partial charge on any atom is 0.338 e. The summed E-state index contributed by atoms with van der Waals surface area (Å²) in [6, 6.07) is 2.68. The molecule has 1 heterocycles. The summed E-state index contributed by atoms with van der Waals surface area (Å²) in [6.07, 6.45) is 1.31. The molecule has 1 aromatic rings. The number of hydrogen-bond donors (Lipinski definition) is 3. The third-order valence-electron chi connectivity index (χ3n) is 2.29. The van der Waals surface area contributed by atoms with Gasteiger partial charge in [0, 0.05) is 19.9 Å². The first-order valence-corrected chi connectivity index (χ1v) is 5.78. The van der Waals surface area contributed by atoms with Crippen molar-refractivity contribution in [1.29, 1.82) is 0 Å². The van der Waals surface area contributed by atoms with E-state index < -0.39 is 17.8 Å². The summed E-state index contributed by atoms with van der Waals surface area (Å²) in [5, 5.41) is 13.7. The summed E-state index contributed by atoms with van der Waals surface area (Å²) in [4.78, 5) is 37.8. The van der Waals surface area contributed by atoms with E-state index in [0.717, 1.165) is 0 Å². The third kappa shape index (κ3) is 4.65. The molecule has 8 heteroatoms. The molecule has 0 aliphatic carbocycles. The van der Waals surface area contributed by atoms with Crippen molar-refractivity contribution in [3.8, 4) is 0 Å². The molecule has 2 amide bonds. The average Bonchev–Trinajstić information content (AvgIpc) is 2.45. The summed E-state index contributed by atoms with van der Waals surface area (Å²) in [5.74, 6) is -2.37. The normalized spacial score (nSPS) is 9.85. The van der Waals surface area contributed by atoms with Gasteiger partial charge in [0.05, 0.1) is 18.7 Å². The first kappa shape index (κ1) is 15.6. The number of ether oxygens (including phenoxy) is 1. The molecule has 0 saturated carbocycles. The number of amides is 2. The van der Waals surface area contributed by atoms with Crippen LogP contribution in [0.4, 0.5) is 0 Å². The van der Waals surface area contributed by atoms with E-state index in [4.69, 9.17) is 9.84 Å². The Morgan fingerprint density at radius 2 is 2.10 bits per heavy atom. The molecule has 0 aromatic carbocycles. The largest absolute Gasteiger partial charge is 0.478 e. The van der Waals surface area contributed by atoms with E-state index in [-0.39, 0.29) is 17.8 Å². The van der Waals surface area contributed by atoms with E-state index in [1.807, 2.05) is 0 Å². The van der Waals surface area contributed by atoms with Gasteiger partial charge in [-0.2, -0.15) is 0 Å². The topological polar surface area (TPSA) is 118 Å². The zero-order chi connectivity index (χ0) is 15.0. The van der Waals surface area contributed by atoms with Crippen LogP contribution < -0.4 is 10.6 Å². The van der Waals surface area contributed by atoms with Gasteiger partial charge in [0.25, 0.3) is 5.91 Å². The molecule has 0 radical (unpaired) electrons. The molecule has 20 heavy (non-hydrogen) atoms. The van der Waals surface area contributed by atoms with Gasteiger partial charge in [0.2, 0.25) is 5.91 Å². The van der Waals surface area contributed by atoms with Crippen LogP contribution in [0.3, 0.4) is 0 Å². The highest BCUT2D eigenvalue weighted by Crippen LogP contribution is 2.04. The van der Waals surface area contributed by atoms with Crippen LogP contribution >= 0.6 is 0 Å². The number of pyridine rings is 1. The lowest BCUT2D eigenvalue weighted by Crippen LogP contribution is -2.38. The van der Waals surface area contributed by atoms with Crippen LogP contribution in [0.2, 0.25) is 0 Å². The van der Waals surface area contributed by atoms with Gasteiger partial charge in [-0.05, 0) is 12.1 Å². The predicted octanol–water partition coefficient (Wildman–Crippen LogP) is -0.728. The number of carbonyl (C=O) groups is 3. The number of hydrogen-bond acceptors (Lipinski definition) is 5. The summed E-state index contributed by atoms with van der Waals surface area (Å²) in [7, 11) is 1.50. The van der Waals surface area contributed by atoms with Gasteiger partial charge in [-0.1, -0.05) is 0 Å². The van der Waals surface area contributed by atoms with Gasteiger partial charge in [-0.3, -0.25) is 14.6 Å². The number of carboxylic acids is 1. The second kappa shape index (κ2) is 7.85. The number of carboxylic acid groups (broad SMARTS) is 1. The van der Waals surface area contributed by atoms with E-state index in [2.05, 4.69) is 15.6 Å². The predicted molar refractivity (Wildman–Crippen MR) is 68.4 cm³/mol. The highest BCUT2D eigenvalue weighted by Gasteiger charge is 2.17. The molecule has 0 aliphatic rings. The van der Waals surface area contributed by atoms with Crippen molar-refractivity contribution >= 4 is 17.8 Å². The number of nitrogens with one attached hydrogen (secondary N) is 2. The van der Waals surface area contributed by atoms with Crippen molar-refractivity contribution in [3.63, 3.8) is 0 Å². The highest BCUT2D eigenvalue weighted by atomic mass is 16.5. The van der Waals surface area contributed by atoms with Gasteiger partial charge in [-0.25, -0.2) is 4.79 Å². The van der Waals surface area contributed by atoms with Crippen molar-refractivity contribution in [1.82, 2.24) is 15.6 Å².